The van der Waals surface area contributed by atoms with Crippen molar-refractivity contribution in [2.75, 3.05) is 54.4 Å². The molecule has 3 aromatic heterocycles. The van der Waals surface area contributed by atoms with Gasteiger partial charge in [-0.2, -0.15) is 4.98 Å². The fourth-order valence-electron chi connectivity index (χ4n) is 11.2. The number of aromatic nitrogens is 5. The van der Waals surface area contributed by atoms with Crippen LogP contribution in [0.2, 0.25) is 0 Å². The summed E-state index contributed by atoms with van der Waals surface area (Å²) in [6, 6.07) is 20.0. The first-order chi connectivity index (χ1) is 31.5. The third-order valence-electron chi connectivity index (χ3n) is 15.1. The lowest BCUT2D eigenvalue weighted by Crippen LogP contribution is -2.52. The van der Waals surface area contributed by atoms with Crippen LogP contribution in [-0.4, -0.2) is 108 Å². The highest BCUT2D eigenvalue weighted by Crippen LogP contribution is 2.44. The maximum atomic E-state index is 13.6. The van der Waals surface area contributed by atoms with Crippen molar-refractivity contribution in [3.63, 3.8) is 0 Å². The number of anilines is 4. The molecule has 0 radical (unpaired) electrons. The quantitative estimate of drug-likeness (QED) is 0.154. The van der Waals surface area contributed by atoms with Gasteiger partial charge in [0.15, 0.2) is 11.5 Å². The third-order valence-corrected chi connectivity index (χ3v) is 15.1. The van der Waals surface area contributed by atoms with Gasteiger partial charge in [-0.1, -0.05) is 24.3 Å². The molecule has 2 aromatic carbocycles. The molecule has 1 spiro atoms. The summed E-state index contributed by atoms with van der Waals surface area (Å²) < 4.78 is 3.33. The number of nitrogens with one attached hydrogen (secondary N) is 2. The maximum Gasteiger partial charge on any atom is 0.278 e. The number of likely N-dealkylation sites (tertiary alicyclic amines) is 1. The largest absolute Gasteiger partial charge is 0.384 e. The summed E-state index contributed by atoms with van der Waals surface area (Å²) in [5.41, 5.74) is 4.67. The van der Waals surface area contributed by atoms with E-state index >= 15 is 0 Å². The van der Waals surface area contributed by atoms with E-state index in [1.165, 1.54) is 18.5 Å². The number of carbonyl (C=O) groups excluding carboxylic acids is 3. The number of benzene rings is 2. The average Bonchev–Trinajstić information content (AvgIpc) is 3.96. The monoisotopic (exact) mass is 877 g/mol. The van der Waals surface area contributed by atoms with Crippen LogP contribution in [0.15, 0.2) is 83.8 Å². The molecule has 3 N–H and O–H groups in total. The van der Waals surface area contributed by atoms with Gasteiger partial charge in [0.1, 0.15) is 17.0 Å². The molecule has 6 aliphatic rings. The molecule has 5 aromatic rings. The number of aliphatic hydroxyl groups is 1. The first-order valence-corrected chi connectivity index (χ1v) is 23.2. The Morgan fingerprint density at radius 2 is 1.62 bits per heavy atom. The van der Waals surface area contributed by atoms with Gasteiger partial charge >= 0.3 is 0 Å². The maximum absolute atomic E-state index is 13.6. The van der Waals surface area contributed by atoms with Crippen LogP contribution in [0.25, 0.3) is 16.9 Å². The number of allylic oxidation sites excluding steroid dienone is 2. The highest BCUT2D eigenvalue weighted by molar-refractivity contribution is 6.05. The zero-order valence-corrected chi connectivity index (χ0v) is 36.8. The summed E-state index contributed by atoms with van der Waals surface area (Å²) in [6.07, 6.45) is 13.1. The van der Waals surface area contributed by atoms with Crippen molar-refractivity contribution >= 4 is 51.8 Å². The van der Waals surface area contributed by atoms with Crippen LogP contribution in [0.3, 0.4) is 0 Å². The van der Waals surface area contributed by atoms with Crippen molar-refractivity contribution in [3.8, 4) is 5.82 Å². The lowest BCUT2D eigenvalue weighted by molar-refractivity contribution is -0.136. The predicted octanol–water partition coefficient (Wildman–Crippen LogP) is 5.00. The molecule has 0 saturated carbocycles. The van der Waals surface area contributed by atoms with E-state index in [0.29, 0.717) is 72.5 Å². The Kier molecular flexibility index (Phi) is 10.3. The number of piperidine rings is 3. The van der Waals surface area contributed by atoms with E-state index in [1.807, 2.05) is 54.6 Å². The Hall–Kier alpha value is -6.39. The van der Waals surface area contributed by atoms with Gasteiger partial charge < -0.3 is 30.0 Å². The van der Waals surface area contributed by atoms with Gasteiger partial charge in [-0.3, -0.25) is 24.5 Å². The van der Waals surface area contributed by atoms with Crippen LogP contribution in [0.4, 0.5) is 23.0 Å². The van der Waals surface area contributed by atoms with Crippen molar-refractivity contribution < 1.29 is 19.5 Å². The number of hydrogen-bond donors (Lipinski definition) is 3. The minimum atomic E-state index is -1.12. The number of amides is 3. The molecular weight excluding hydrogens is 823 g/mol. The molecule has 16 nitrogen and oxygen atoms in total. The van der Waals surface area contributed by atoms with Gasteiger partial charge in [-0.15, -0.1) is 0 Å². The molecular formula is C49H55N11O5. The zero-order valence-electron chi connectivity index (χ0n) is 36.8. The SMILES string of the molecule is C[C@@]1(O)CC/C=C\Cn2c(=O)c3cnc(Nc4ccc(N5CCC(N6CCC7(CCN(c8ccc9c(c8)C(=O)N(C8CCC(=O)NC8=O)C9)C7)CC6)CC5)cc4)nc3n2-c2cccc1n2. The fraction of sp³-hybridized carbons (Fsp3) is 0.449. The number of hydrogen-bond acceptors (Lipinski definition) is 12. The Morgan fingerprint density at radius 1 is 0.831 bits per heavy atom. The highest BCUT2D eigenvalue weighted by atomic mass is 16.3. The van der Waals surface area contributed by atoms with Crippen LogP contribution in [0.5, 0.6) is 0 Å². The Labute approximate surface area is 376 Å². The molecule has 65 heavy (non-hydrogen) atoms. The molecule has 2 bridgehead atoms. The average molecular weight is 878 g/mol. The summed E-state index contributed by atoms with van der Waals surface area (Å²) in [6.45, 7) is 8.70. The van der Waals surface area contributed by atoms with Crippen molar-refractivity contribution in [1.82, 2.24) is 39.4 Å². The van der Waals surface area contributed by atoms with Crippen molar-refractivity contribution in [2.45, 2.75) is 95.5 Å². The Bertz CT molecular complexity index is 2780. The summed E-state index contributed by atoms with van der Waals surface area (Å²) in [5.74, 6) is 0.106. The second kappa shape index (κ2) is 16.2. The van der Waals surface area contributed by atoms with Crippen LogP contribution in [0, 0.1) is 5.41 Å². The molecule has 1 unspecified atom stereocenters. The molecule has 2 atom stereocenters. The molecule has 4 fully saturated rings. The molecule has 11 rings (SSSR count). The van der Waals surface area contributed by atoms with Gasteiger partial charge in [0.25, 0.3) is 11.5 Å². The fourth-order valence-corrected chi connectivity index (χ4v) is 11.2. The van der Waals surface area contributed by atoms with Gasteiger partial charge in [-0.25, -0.2) is 19.3 Å². The van der Waals surface area contributed by atoms with Crippen LogP contribution >= 0.6 is 0 Å². The summed E-state index contributed by atoms with van der Waals surface area (Å²) >= 11 is 0. The second-order valence-electron chi connectivity index (χ2n) is 19.1. The predicted molar refractivity (Wildman–Crippen MR) is 246 cm³/mol. The lowest BCUT2D eigenvalue weighted by atomic mass is 9.77. The van der Waals surface area contributed by atoms with E-state index < -0.39 is 11.6 Å². The van der Waals surface area contributed by atoms with Gasteiger partial charge in [0, 0.05) is 74.0 Å². The number of fused-ring (bicyclic) bond motifs is 7. The lowest BCUT2D eigenvalue weighted by Gasteiger charge is -2.45. The van der Waals surface area contributed by atoms with E-state index in [9.17, 15) is 24.3 Å². The number of nitrogens with zero attached hydrogens (tertiary/aromatic N) is 9. The second-order valence-corrected chi connectivity index (χ2v) is 19.1. The smallest absolute Gasteiger partial charge is 0.278 e. The summed E-state index contributed by atoms with van der Waals surface area (Å²) in [5, 5.41) is 17.3. The number of carbonyl (C=O) groups is 3. The highest BCUT2D eigenvalue weighted by Gasteiger charge is 2.43. The van der Waals surface area contributed by atoms with Crippen molar-refractivity contribution in [1.29, 1.82) is 0 Å². The van der Waals surface area contributed by atoms with Crippen molar-refractivity contribution in [2.24, 2.45) is 5.41 Å². The zero-order chi connectivity index (χ0) is 44.5. The van der Waals surface area contributed by atoms with Gasteiger partial charge in [0.2, 0.25) is 17.8 Å². The molecule has 4 saturated heterocycles. The Morgan fingerprint density at radius 3 is 2.42 bits per heavy atom. The van der Waals surface area contributed by atoms with E-state index in [1.54, 1.807) is 27.4 Å². The van der Waals surface area contributed by atoms with E-state index in [4.69, 9.17) is 9.97 Å². The standard InChI is InChI=1S/C49H55N11O5/c1-48(65)18-3-2-4-22-59-46(64)38-29-50-47(54-43(38)60(59)41-7-5-6-40(48)52-41)51-33-9-12-34(13-10-33)55-23-16-35(17-24-55)56-25-19-49(20-26-56)21-27-57(31-49)36-11-8-32-30-58(45(63)37(32)28-36)39-14-15-42(61)53-44(39)62/h2,4-13,28-29,35,39,65H,3,14-27,30-31H2,1H3,(H,50,51,54)(H,53,61,62)/b4-2-/t39?,48-/m1/s1. The molecule has 6 aliphatic heterocycles. The number of imide groups is 1. The molecule has 3 amide bonds. The van der Waals surface area contributed by atoms with Crippen LogP contribution in [-0.2, 0) is 28.3 Å². The third kappa shape index (κ3) is 7.65. The Balaban J connectivity index is 0.691. The topological polar surface area (TPSA) is 174 Å². The molecule has 9 heterocycles. The number of pyridine rings is 1. The minimum Gasteiger partial charge on any atom is -0.384 e. The summed E-state index contributed by atoms with van der Waals surface area (Å²) in [7, 11) is 0. The first kappa shape index (κ1) is 41.3. The van der Waals surface area contributed by atoms with E-state index in [2.05, 4.69) is 48.5 Å². The molecule has 0 aliphatic carbocycles. The van der Waals surface area contributed by atoms with Crippen molar-refractivity contribution in [3.05, 3.63) is 106 Å². The summed E-state index contributed by atoms with van der Waals surface area (Å²) in [4.78, 5) is 74.8. The molecule has 16 heteroatoms. The van der Waals surface area contributed by atoms with Crippen LogP contribution in [0.1, 0.15) is 86.3 Å². The van der Waals surface area contributed by atoms with Gasteiger partial charge in [0.05, 0.1) is 12.2 Å². The van der Waals surface area contributed by atoms with E-state index in [0.717, 1.165) is 75.5 Å². The number of rotatable bonds is 6. The first-order valence-electron chi connectivity index (χ1n) is 23.2. The molecule has 336 valence electrons. The van der Waals surface area contributed by atoms with Crippen LogP contribution < -0.4 is 26.0 Å². The van der Waals surface area contributed by atoms with Gasteiger partial charge in [-0.05, 0) is 131 Å². The normalized spacial score (nSPS) is 24.2. The van der Waals surface area contributed by atoms with E-state index in [-0.39, 0.29) is 35.1 Å². The minimum absolute atomic E-state index is 0.118.